The summed E-state index contributed by atoms with van der Waals surface area (Å²) in [5.41, 5.74) is 2.86. The van der Waals surface area contributed by atoms with Crippen molar-refractivity contribution in [2.24, 2.45) is 0 Å². The van der Waals surface area contributed by atoms with Crippen molar-refractivity contribution in [3.05, 3.63) is 58.0 Å². The van der Waals surface area contributed by atoms with E-state index in [1.54, 1.807) is 44.0 Å². The van der Waals surface area contributed by atoms with Crippen LogP contribution in [0, 0.1) is 6.92 Å². The minimum Gasteiger partial charge on any atom is -0.496 e. The molecule has 0 radical (unpaired) electrons. The standard InChI is InChI=1S/C23H26N4O3S2/c1-15-22(18-8-10-27(26-18)9-7-17-6-5-11-31-17)32-23(25-15)24-14-16-12-20(29-3)21(30-4)13-19(16)28-2/h5-6,8,10-13H,7,9,14H2,1-4H3,(H,24,25). The number of hydrogen-bond acceptors (Lipinski definition) is 8. The molecule has 0 aliphatic rings. The average Bonchev–Trinajstić information content (AvgIpc) is 3.56. The van der Waals surface area contributed by atoms with Crippen LogP contribution in [0.25, 0.3) is 10.6 Å². The molecule has 0 bridgehead atoms. The summed E-state index contributed by atoms with van der Waals surface area (Å²) in [6, 6.07) is 10.0. The summed E-state index contributed by atoms with van der Waals surface area (Å²) in [6.07, 6.45) is 3.02. The Bertz CT molecular complexity index is 1170. The SMILES string of the molecule is COc1cc(OC)c(OC)cc1CNc1nc(C)c(-c2ccn(CCc3cccs3)n2)s1. The van der Waals surface area contributed by atoms with Crippen LogP contribution >= 0.6 is 22.7 Å². The van der Waals surface area contributed by atoms with Crippen LogP contribution in [0.5, 0.6) is 17.2 Å². The number of hydrogen-bond donors (Lipinski definition) is 1. The first-order valence-electron chi connectivity index (χ1n) is 10.2. The molecule has 7 nitrogen and oxygen atoms in total. The molecule has 0 aliphatic carbocycles. The number of aromatic nitrogens is 3. The molecule has 0 spiro atoms. The predicted octanol–water partition coefficient (Wildman–Crippen LogP) is 5.26. The number of anilines is 1. The van der Waals surface area contributed by atoms with Crippen molar-refractivity contribution in [2.75, 3.05) is 26.6 Å². The number of thiazole rings is 1. The van der Waals surface area contributed by atoms with Gasteiger partial charge in [0.05, 0.1) is 31.9 Å². The maximum Gasteiger partial charge on any atom is 0.183 e. The van der Waals surface area contributed by atoms with E-state index in [1.165, 1.54) is 4.88 Å². The van der Waals surface area contributed by atoms with Gasteiger partial charge in [0.15, 0.2) is 16.6 Å². The summed E-state index contributed by atoms with van der Waals surface area (Å²) < 4.78 is 18.3. The molecule has 168 valence electrons. The van der Waals surface area contributed by atoms with E-state index in [9.17, 15) is 0 Å². The Kier molecular flexibility index (Phi) is 6.96. The highest BCUT2D eigenvalue weighted by Gasteiger charge is 2.15. The van der Waals surface area contributed by atoms with Crippen molar-refractivity contribution in [1.29, 1.82) is 0 Å². The van der Waals surface area contributed by atoms with Crippen LogP contribution in [0.15, 0.2) is 41.9 Å². The Hall–Kier alpha value is -3.04. The Labute approximate surface area is 195 Å². The molecule has 0 saturated heterocycles. The molecule has 0 aliphatic heterocycles. The second-order valence-electron chi connectivity index (χ2n) is 7.10. The van der Waals surface area contributed by atoms with Crippen molar-refractivity contribution in [3.63, 3.8) is 0 Å². The molecule has 0 saturated carbocycles. The highest BCUT2D eigenvalue weighted by Crippen LogP contribution is 2.36. The number of methoxy groups -OCH3 is 3. The first kappa shape index (κ1) is 22.2. The predicted molar refractivity (Wildman–Crippen MR) is 130 cm³/mol. The van der Waals surface area contributed by atoms with Crippen LogP contribution in [0.4, 0.5) is 5.13 Å². The molecule has 0 unspecified atom stereocenters. The maximum absolute atomic E-state index is 5.52. The Morgan fingerprint density at radius 1 is 1.03 bits per heavy atom. The van der Waals surface area contributed by atoms with Gasteiger partial charge in [-0.25, -0.2) is 4.98 Å². The van der Waals surface area contributed by atoms with Gasteiger partial charge in [0, 0.05) is 42.2 Å². The molecule has 0 amide bonds. The highest BCUT2D eigenvalue weighted by atomic mass is 32.1. The molecule has 32 heavy (non-hydrogen) atoms. The fourth-order valence-corrected chi connectivity index (χ4v) is 5.02. The summed E-state index contributed by atoms with van der Waals surface area (Å²) >= 11 is 3.38. The second kappa shape index (κ2) is 10.1. The summed E-state index contributed by atoms with van der Waals surface area (Å²) in [6.45, 7) is 3.42. The molecule has 1 aromatic carbocycles. The molecule has 9 heteroatoms. The highest BCUT2D eigenvalue weighted by molar-refractivity contribution is 7.19. The molecule has 3 heterocycles. The van der Waals surface area contributed by atoms with E-state index in [2.05, 4.69) is 28.9 Å². The number of thiophene rings is 1. The van der Waals surface area contributed by atoms with Crippen LogP contribution in [0.1, 0.15) is 16.1 Å². The topological polar surface area (TPSA) is 70.4 Å². The largest absolute Gasteiger partial charge is 0.496 e. The zero-order chi connectivity index (χ0) is 22.5. The van der Waals surface area contributed by atoms with E-state index in [0.29, 0.717) is 18.0 Å². The Morgan fingerprint density at radius 2 is 1.81 bits per heavy atom. The first-order chi connectivity index (χ1) is 15.6. The van der Waals surface area contributed by atoms with E-state index in [1.807, 2.05) is 29.9 Å². The van der Waals surface area contributed by atoms with Gasteiger partial charge in [-0.3, -0.25) is 4.68 Å². The number of rotatable bonds is 10. The minimum absolute atomic E-state index is 0.547. The van der Waals surface area contributed by atoms with E-state index in [0.717, 1.165) is 45.7 Å². The Balaban J connectivity index is 1.45. The lowest BCUT2D eigenvalue weighted by atomic mass is 10.1. The van der Waals surface area contributed by atoms with E-state index in [-0.39, 0.29) is 0 Å². The molecule has 1 N–H and O–H groups in total. The number of nitrogens with one attached hydrogen (secondary N) is 1. The van der Waals surface area contributed by atoms with Gasteiger partial charge >= 0.3 is 0 Å². The van der Waals surface area contributed by atoms with E-state index in [4.69, 9.17) is 24.3 Å². The van der Waals surface area contributed by atoms with Gasteiger partial charge in [-0.05, 0) is 30.5 Å². The zero-order valence-electron chi connectivity index (χ0n) is 18.5. The number of aryl methyl sites for hydroxylation is 3. The summed E-state index contributed by atoms with van der Waals surface area (Å²) in [5.74, 6) is 2.03. The number of nitrogens with zero attached hydrogens (tertiary/aromatic N) is 3. The van der Waals surface area contributed by atoms with Crippen molar-refractivity contribution < 1.29 is 14.2 Å². The zero-order valence-corrected chi connectivity index (χ0v) is 20.2. The van der Waals surface area contributed by atoms with E-state index >= 15 is 0 Å². The van der Waals surface area contributed by atoms with Gasteiger partial charge in [0.2, 0.25) is 0 Å². The van der Waals surface area contributed by atoms with Gasteiger partial charge < -0.3 is 19.5 Å². The van der Waals surface area contributed by atoms with Crippen molar-refractivity contribution in [2.45, 2.75) is 26.4 Å². The summed E-state index contributed by atoms with van der Waals surface area (Å²) in [7, 11) is 4.88. The number of ether oxygens (including phenoxy) is 3. The average molecular weight is 471 g/mol. The van der Waals surface area contributed by atoms with Crippen LogP contribution in [-0.2, 0) is 19.5 Å². The quantitative estimate of drug-likeness (QED) is 0.341. The smallest absolute Gasteiger partial charge is 0.183 e. The van der Waals surface area contributed by atoms with Crippen molar-refractivity contribution in [1.82, 2.24) is 14.8 Å². The molecule has 4 rings (SSSR count). The third kappa shape index (κ3) is 4.89. The lowest BCUT2D eigenvalue weighted by Crippen LogP contribution is -2.03. The third-order valence-corrected chi connectivity index (χ3v) is 7.13. The lowest BCUT2D eigenvalue weighted by Gasteiger charge is -2.14. The van der Waals surface area contributed by atoms with Gasteiger partial charge in [-0.15, -0.1) is 11.3 Å². The van der Waals surface area contributed by atoms with Crippen LogP contribution in [-0.4, -0.2) is 36.1 Å². The molecular formula is C23H26N4O3S2. The van der Waals surface area contributed by atoms with Gasteiger partial charge in [-0.1, -0.05) is 17.4 Å². The van der Waals surface area contributed by atoms with Crippen molar-refractivity contribution >= 4 is 27.8 Å². The van der Waals surface area contributed by atoms with Crippen molar-refractivity contribution in [3.8, 4) is 27.8 Å². The summed E-state index contributed by atoms with van der Waals surface area (Å²) in [4.78, 5) is 7.13. The molecular weight excluding hydrogens is 444 g/mol. The summed E-state index contributed by atoms with van der Waals surface area (Å²) in [5, 5.41) is 11.1. The van der Waals surface area contributed by atoms with Gasteiger partial charge in [0.25, 0.3) is 0 Å². The first-order valence-corrected chi connectivity index (χ1v) is 11.9. The van der Waals surface area contributed by atoms with Gasteiger partial charge in [-0.2, -0.15) is 5.10 Å². The molecule has 0 fully saturated rings. The number of benzene rings is 1. The monoisotopic (exact) mass is 470 g/mol. The van der Waals surface area contributed by atoms with Crippen LogP contribution in [0.3, 0.4) is 0 Å². The van der Waals surface area contributed by atoms with Crippen LogP contribution in [0.2, 0.25) is 0 Å². The van der Waals surface area contributed by atoms with Gasteiger partial charge in [0.1, 0.15) is 11.4 Å². The molecule has 3 aromatic heterocycles. The maximum atomic E-state index is 5.52. The Morgan fingerprint density at radius 3 is 2.53 bits per heavy atom. The normalized spacial score (nSPS) is 10.9. The molecule has 0 atom stereocenters. The third-order valence-electron chi connectivity index (χ3n) is 5.05. The lowest BCUT2D eigenvalue weighted by molar-refractivity contribution is 0.347. The van der Waals surface area contributed by atoms with E-state index < -0.39 is 0 Å². The fourth-order valence-electron chi connectivity index (χ4n) is 3.40. The van der Waals surface area contributed by atoms with Crippen LogP contribution < -0.4 is 19.5 Å². The minimum atomic E-state index is 0.547. The molecule has 4 aromatic rings. The second-order valence-corrected chi connectivity index (χ2v) is 9.13. The fraction of sp³-hybridized carbons (Fsp3) is 0.304.